The number of carbonyl (C=O) groups is 1. The van der Waals surface area contributed by atoms with Crippen molar-refractivity contribution in [1.82, 2.24) is 4.98 Å². The number of pyridine rings is 1. The molecule has 0 radical (unpaired) electrons. The molecule has 0 bridgehead atoms. The monoisotopic (exact) mass is 245 g/mol. The fourth-order valence-corrected chi connectivity index (χ4v) is 1.37. The van der Waals surface area contributed by atoms with Gasteiger partial charge in [-0.1, -0.05) is 6.07 Å². The quantitative estimate of drug-likeness (QED) is 0.627. The van der Waals surface area contributed by atoms with E-state index < -0.39 is 5.97 Å². The van der Waals surface area contributed by atoms with E-state index in [4.69, 9.17) is 15.7 Å². The van der Waals surface area contributed by atoms with Crippen molar-refractivity contribution in [1.29, 1.82) is 5.26 Å². The number of hydrogen-bond acceptors (Lipinski definition) is 5. The van der Waals surface area contributed by atoms with Crippen LogP contribution in [-0.2, 0) is 9.53 Å². The average molecular weight is 245 g/mol. The lowest BCUT2D eigenvalue weighted by Gasteiger charge is -2.08. The van der Waals surface area contributed by atoms with Crippen LogP contribution in [-0.4, -0.2) is 17.6 Å². The van der Waals surface area contributed by atoms with E-state index in [2.05, 4.69) is 11.1 Å². The van der Waals surface area contributed by atoms with E-state index in [9.17, 15) is 4.79 Å². The number of esters is 1. The van der Waals surface area contributed by atoms with Crippen LogP contribution in [0.5, 0.6) is 0 Å². The van der Waals surface area contributed by atoms with Gasteiger partial charge in [0.25, 0.3) is 0 Å². The summed E-state index contributed by atoms with van der Waals surface area (Å²) in [5.74, 6) is -0.866. The molecule has 0 spiro atoms. The van der Waals surface area contributed by atoms with Crippen molar-refractivity contribution in [3.05, 3.63) is 41.9 Å². The molecule has 1 unspecified atom stereocenters. The Kier molecular flexibility index (Phi) is 5.39. The van der Waals surface area contributed by atoms with E-state index in [1.807, 2.05) is 6.07 Å². The Morgan fingerprint density at radius 3 is 3.00 bits per heavy atom. The van der Waals surface area contributed by atoms with Gasteiger partial charge in [0.2, 0.25) is 0 Å². The van der Waals surface area contributed by atoms with Crippen LogP contribution in [0.2, 0.25) is 0 Å². The van der Waals surface area contributed by atoms with Crippen LogP contribution in [0.4, 0.5) is 0 Å². The fourth-order valence-electron chi connectivity index (χ4n) is 1.37. The Balaban J connectivity index is 2.45. The Morgan fingerprint density at radius 1 is 1.67 bits per heavy atom. The lowest BCUT2D eigenvalue weighted by atomic mass is 10.0. The summed E-state index contributed by atoms with van der Waals surface area (Å²) in [5, 5.41) is 9.03. The molecule has 0 saturated heterocycles. The Labute approximate surface area is 106 Å². The van der Waals surface area contributed by atoms with Gasteiger partial charge in [0.05, 0.1) is 24.3 Å². The van der Waals surface area contributed by atoms with Crippen molar-refractivity contribution in [2.45, 2.75) is 19.3 Å². The van der Waals surface area contributed by atoms with E-state index in [1.165, 1.54) is 6.08 Å². The number of rotatable bonds is 5. The number of nitrogens with two attached hydrogens (primary N) is 1. The standard InChI is InChI=1S/C13H15N3O2/c1-10(15)8-13(17)18-7-5-11(9-14)12-4-2-3-6-16-12/h2-4,6,8,11H,5,7,15H2,1H3/b10-8-. The molecular weight excluding hydrogens is 230 g/mol. The van der Waals surface area contributed by atoms with Crippen LogP contribution in [0.1, 0.15) is 25.0 Å². The third-order valence-electron chi connectivity index (χ3n) is 2.20. The minimum Gasteiger partial charge on any atom is -0.462 e. The molecule has 5 nitrogen and oxygen atoms in total. The number of ether oxygens (including phenoxy) is 1. The van der Waals surface area contributed by atoms with Crippen LogP contribution in [0.3, 0.4) is 0 Å². The first kappa shape index (κ1) is 13.7. The molecule has 5 heteroatoms. The number of nitrogens with zero attached hydrogens (tertiary/aromatic N) is 2. The second kappa shape index (κ2) is 7.07. The highest BCUT2D eigenvalue weighted by atomic mass is 16.5. The maximum atomic E-state index is 11.2. The highest BCUT2D eigenvalue weighted by Crippen LogP contribution is 2.15. The maximum Gasteiger partial charge on any atom is 0.332 e. The van der Waals surface area contributed by atoms with Gasteiger partial charge in [-0.2, -0.15) is 5.26 Å². The number of nitriles is 1. The first-order valence-corrected chi connectivity index (χ1v) is 5.54. The summed E-state index contributed by atoms with van der Waals surface area (Å²) in [7, 11) is 0. The molecule has 1 aromatic heterocycles. The number of allylic oxidation sites excluding steroid dienone is 1. The predicted octanol–water partition coefficient (Wildman–Crippen LogP) is 1.48. The summed E-state index contributed by atoms with van der Waals surface area (Å²) < 4.78 is 4.93. The maximum absolute atomic E-state index is 11.2. The second-order valence-corrected chi connectivity index (χ2v) is 3.78. The Bertz CT molecular complexity index is 459. The number of hydrogen-bond donors (Lipinski definition) is 1. The summed E-state index contributed by atoms with van der Waals surface area (Å²) in [5.41, 5.74) is 6.41. The third-order valence-corrected chi connectivity index (χ3v) is 2.20. The topological polar surface area (TPSA) is 89.0 Å². The van der Waals surface area contributed by atoms with E-state index in [1.54, 1.807) is 25.3 Å². The van der Waals surface area contributed by atoms with Crippen LogP contribution in [0.25, 0.3) is 0 Å². The molecule has 18 heavy (non-hydrogen) atoms. The van der Waals surface area contributed by atoms with E-state index in [0.29, 0.717) is 17.8 Å². The molecule has 1 rings (SSSR count). The molecular formula is C13H15N3O2. The van der Waals surface area contributed by atoms with Crippen LogP contribution in [0, 0.1) is 11.3 Å². The van der Waals surface area contributed by atoms with Crippen LogP contribution >= 0.6 is 0 Å². The summed E-state index contributed by atoms with van der Waals surface area (Å²) in [4.78, 5) is 15.3. The second-order valence-electron chi connectivity index (χ2n) is 3.78. The molecule has 1 atom stereocenters. The molecule has 0 aliphatic heterocycles. The molecule has 0 aliphatic rings. The van der Waals surface area contributed by atoms with Gasteiger partial charge < -0.3 is 10.5 Å². The van der Waals surface area contributed by atoms with Gasteiger partial charge in [0.1, 0.15) is 0 Å². The number of carbonyl (C=O) groups excluding carboxylic acids is 1. The molecule has 1 heterocycles. The fraction of sp³-hybridized carbons (Fsp3) is 0.308. The predicted molar refractivity (Wildman–Crippen MR) is 66.1 cm³/mol. The van der Waals surface area contributed by atoms with E-state index >= 15 is 0 Å². The Hall–Kier alpha value is -2.35. The first-order chi connectivity index (χ1) is 8.63. The van der Waals surface area contributed by atoms with Gasteiger partial charge >= 0.3 is 5.97 Å². The van der Waals surface area contributed by atoms with Gasteiger partial charge in [-0.05, 0) is 19.1 Å². The molecule has 0 amide bonds. The Morgan fingerprint density at radius 2 is 2.44 bits per heavy atom. The highest BCUT2D eigenvalue weighted by Gasteiger charge is 2.12. The largest absolute Gasteiger partial charge is 0.462 e. The van der Waals surface area contributed by atoms with Gasteiger partial charge in [-0.25, -0.2) is 4.79 Å². The molecule has 0 aliphatic carbocycles. The first-order valence-electron chi connectivity index (χ1n) is 5.54. The number of aromatic nitrogens is 1. The van der Waals surface area contributed by atoms with E-state index in [-0.39, 0.29) is 12.5 Å². The lowest BCUT2D eigenvalue weighted by Crippen LogP contribution is -2.09. The molecule has 0 fully saturated rings. The average Bonchev–Trinajstić information content (AvgIpc) is 2.35. The normalized spacial score (nSPS) is 12.6. The molecule has 1 aromatic rings. The molecule has 0 aromatic carbocycles. The highest BCUT2D eigenvalue weighted by molar-refractivity contribution is 5.82. The summed E-state index contributed by atoms with van der Waals surface area (Å²) in [6, 6.07) is 7.52. The zero-order valence-electron chi connectivity index (χ0n) is 10.2. The van der Waals surface area contributed by atoms with Crippen LogP contribution in [0.15, 0.2) is 36.2 Å². The van der Waals surface area contributed by atoms with Crippen molar-refractivity contribution in [2.24, 2.45) is 5.73 Å². The van der Waals surface area contributed by atoms with Crippen molar-refractivity contribution in [2.75, 3.05) is 6.61 Å². The molecule has 2 N–H and O–H groups in total. The van der Waals surface area contributed by atoms with Crippen molar-refractivity contribution in [3.63, 3.8) is 0 Å². The minimum atomic E-state index is -0.493. The van der Waals surface area contributed by atoms with Gasteiger partial charge in [0.15, 0.2) is 0 Å². The lowest BCUT2D eigenvalue weighted by molar-refractivity contribution is -0.137. The van der Waals surface area contributed by atoms with Crippen molar-refractivity contribution < 1.29 is 9.53 Å². The van der Waals surface area contributed by atoms with E-state index in [0.717, 1.165) is 0 Å². The SMILES string of the molecule is C/C(N)=C/C(=O)OCCC(C#N)c1ccccn1. The summed E-state index contributed by atoms with van der Waals surface area (Å²) in [6.45, 7) is 1.77. The van der Waals surface area contributed by atoms with Gasteiger partial charge in [-0.15, -0.1) is 0 Å². The van der Waals surface area contributed by atoms with Gasteiger partial charge in [-0.3, -0.25) is 4.98 Å². The van der Waals surface area contributed by atoms with Gasteiger partial charge in [0, 0.05) is 24.4 Å². The van der Waals surface area contributed by atoms with Crippen molar-refractivity contribution in [3.8, 4) is 6.07 Å². The smallest absolute Gasteiger partial charge is 0.332 e. The zero-order valence-corrected chi connectivity index (χ0v) is 10.2. The summed E-state index contributed by atoms with van der Waals surface area (Å²) >= 11 is 0. The molecule has 0 saturated carbocycles. The molecule has 94 valence electrons. The van der Waals surface area contributed by atoms with Crippen LogP contribution < -0.4 is 5.73 Å². The minimum absolute atomic E-state index is 0.164. The summed E-state index contributed by atoms with van der Waals surface area (Å²) in [6.07, 6.45) is 3.26. The third kappa shape index (κ3) is 4.66. The zero-order chi connectivity index (χ0) is 13.4. The van der Waals surface area contributed by atoms with Crippen molar-refractivity contribution >= 4 is 5.97 Å².